The Morgan fingerprint density at radius 2 is 1.96 bits per heavy atom. The van der Waals surface area contributed by atoms with Crippen LogP contribution in [0.4, 0.5) is 14.9 Å². The van der Waals surface area contributed by atoms with Gasteiger partial charge in [0.15, 0.2) is 0 Å². The molecule has 0 bridgehead atoms. The van der Waals surface area contributed by atoms with Crippen LogP contribution in [0.25, 0.3) is 0 Å². The molecule has 6 heteroatoms. The summed E-state index contributed by atoms with van der Waals surface area (Å²) in [5.74, 6) is 1.36. The van der Waals surface area contributed by atoms with Crippen molar-refractivity contribution in [2.45, 2.75) is 12.3 Å². The fourth-order valence-electron chi connectivity index (χ4n) is 2.58. The number of hydrogen-bond acceptors (Lipinski definition) is 3. The lowest BCUT2D eigenvalue weighted by Gasteiger charge is -2.24. The van der Waals surface area contributed by atoms with E-state index in [2.05, 4.69) is 5.32 Å². The molecule has 0 aliphatic carbocycles. The van der Waals surface area contributed by atoms with Gasteiger partial charge in [0.2, 0.25) is 0 Å². The van der Waals surface area contributed by atoms with Crippen LogP contribution in [0.2, 0.25) is 0 Å². The smallest absolute Gasteiger partial charge is 0.323 e. The fourth-order valence-corrected chi connectivity index (χ4v) is 3.83. The number of ether oxygens (including phenoxy) is 1. The molecule has 1 saturated heterocycles. The Morgan fingerprint density at radius 3 is 2.62 bits per heavy atom. The van der Waals surface area contributed by atoms with Crippen molar-refractivity contribution in [2.75, 3.05) is 24.2 Å². The summed E-state index contributed by atoms with van der Waals surface area (Å²) in [5.41, 5.74) is 1.65. The van der Waals surface area contributed by atoms with Crippen LogP contribution in [-0.4, -0.2) is 29.8 Å². The van der Waals surface area contributed by atoms with Gasteiger partial charge in [-0.05, 0) is 48.9 Å². The first-order chi connectivity index (χ1) is 11.7. The van der Waals surface area contributed by atoms with E-state index in [0.29, 0.717) is 13.2 Å². The fraction of sp³-hybridized carbons (Fsp3) is 0.278. The highest BCUT2D eigenvalue weighted by atomic mass is 32.2. The third-order valence-corrected chi connectivity index (χ3v) is 4.98. The molecular weight excluding hydrogens is 327 g/mol. The van der Waals surface area contributed by atoms with Crippen LogP contribution < -0.4 is 10.1 Å². The lowest BCUT2D eigenvalue weighted by molar-refractivity contribution is 0.214. The standard InChI is InChI=1S/C18H19FN2O2S/c1-2-23-16-9-7-15(8-10-16)20-18(22)21-11-12-24-17(21)13-3-5-14(19)6-4-13/h3-10,17H,2,11-12H2,1H3,(H,20,22). The molecule has 24 heavy (non-hydrogen) atoms. The van der Waals surface area contributed by atoms with Crippen molar-refractivity contribution in [3.8, 4) is 5.75 Å². The maximum atomic E-state index is 13.1. The number of thioether (sulfide) groups is 1. The molecule has 1 unspecified atom stereocenters. The Bertz CT molecular complexity index is 691. The molecule has 2 amide bonds. The Kier molecular flexibility index (Phi) is 5.25. The second-order valence-electron chi connectivity index (χ2n) is 5.36. The molecular formula is C18H19FN2O2S. The van der Waals surface area contributed by atoms with E-state index in [-0.39, 0.29) is 17.2 Å². The molecule has 4 nitrogen and oxygen atoms in total. The highest BCUT2D eigenvalue weighted by molar-refractivity contribution is 7.99. The van der Waals surface area contributed by atoms with Gasteiger partial charge >= 0.3 is 6.03 Å². The van der Waals surface area contributed by atoms with Crippen LogP contribution in [0.5, 0.6) is 5.75 Å². The van der Waals surface area contributed by atoms with Gasteiger partial charge in [-0.1, -0.05) is 12.1 Å². The summed E-state index contributed by atoms with van der Waals surface area (Å²) >= 11 is 1.68. The minimum atomic E-state index is -0.271. The molecule has 2 aromatic rings. The molecule has 1 N–H and O–H groups in total. The second-order valence-corrected chi connectivity index (χ2v) is 6.54. The Morgan fingerprint density at radius 1 is 1.25 bits per heavy atom. The van der Waals surface area contributed by atoms with Gasteiger partial charge in [0.25, 0.3) is 0 Å². The van der Waals surface area contributed by atoms with Crippen molar-refractivity contribution in [3.05, 3.63) is 59.9 Å². The van der Waals surface area contributed by atoms with E-state index in [9.17, 15) is 9.18 Å². The largest absolute Gasteiger partial charge is 0.494 e. The number of rotatable bonds is 4. The number of halogens is 1. The van der Waals surface area contributed by atoms with Crippen molar-refractivity contribution in [1.29, 1.82) is 0 Å². The molecule has 1 aliphatic rings. The quantitative estimate of drug-likeness (QED) is 0.886. The van der Waals surface area contributed by atoms with E-state index in [4.69, 9.17) is 4.74 Å². The van der Waals surface area contributed by atoms with Gasteiger partial charge in [-0.15, -0.1) is 11.8 Å². The van der Waals surface area contributed by atoms with Crippen LogP contribution >= 0.6 is 11.8 Å². The van der Waals surface area contributed by atoms with Gasteiger partial charge in [0, 0.05) is 18.0 Å². The number of carbonyl (C=O) groups excluding carboxylic acids is 1. The topological polar surface area (TPSA) is 41.6 Å². The highest BCUT2D eigenvalue weighted by Crippen LogP contribution is 2.38. The summed E-state index contributed by atoms with van der Waals surface area (Å²) in [6, 6.07) is 13.5. The Labute approximate surface area is 145 Å². The Hall–Kier alpha value is -2.21. The van der Waals surface area contributed by atoms with Gasteiger partial charge in [-0.2, -0.15) is 0 Å². The first kappa shape index (κ1) is 16.6. The van der Waals surface area contributed by atoms with Crippen molar-refractivity contribution < 1.29 is 13.9 Å². The molecule has 1 atom stereocenters. The number of amides is 2. The van der Waals surface area contributed by atoms with Crippen molar-refractivity contribution in [1.82, 2.24) is 4.90 Å². The minimum Gasteiger partial charge on any atom is -0.494 e. The van der Waals surface area contributed by atoms with Crippen LogP contribution in [0, 0.1) is 5.82 Å². The number of nitrogens with zero attached hydrogens (tertiary/aromatic N) is 1. The maximum absolute atomic E-state index is 13.1. The maximum Gasteiger partial charge on any atom is 0.323 e. The normalized spacial score (nSPS) is 16.9. The number of hydrogen-bond donors (Lipinski definition) is 1. The third kappa shape index (κ3) is 3.82. The molecule has 2 aromatic carbocycles. The Balaban J connectivity index is 1.68. The summed E-state index contributed by atoms with van der Waals surface area (Å²) in [6.45, 7) is 3.20. The van der Waals surface area contributed by atoms with Crippen molar-refractivity contribution >= 4 is 23.5 Å². The molecule has 0 aromatic heterocycles. The minimum absolute atomic E-state index is 0.0895. The van der Waals surface area contributed by atoms with E-state index >= 15 is 0 Å². The van der Waals surface area contributed by atoms with E-state index in [1.165, 1.54) is 12.1 Å². The number of carbonyl (C=O) groups is 1. The highest BCUT2D eigenvalue weighted by Gasteiger charge is 2.30. The zero-order chi connectivity index (χ0) is 16.9. The predicted molar refractivity (Wildman–Crippen MR) is 94.9 cm³/mol. The van der Waals surface area contributed by atoms with Gasteiger partial charge in [-0.3, -0.25) is 0 Å². The monoisotopic (exact) mass is 346 g/mol. The van der Waals surface area contributed by atoms with Crippen molar-refractivity contribution in [3.63, 3.8) is 0 Å². The van der Waals surface area contributed by atoms with Gasteiger partial charge in [-0.25, -0.2) is 9.18 Å². The average Bonchev–Trinajstić information content (AvgIpc) is 3.07. The summed E-state index contributed by atoms with van der Waals surface area (Å²) in [6.07, 6.45) is 0. The van der Waals surface area contributed by atoms with Crippen LogP contribution in [0.15, 0.2) is 48.5 Å². The van der Waals surface area contributed by atoms with Gasteiger partial charge < -0.3 is 15.0 Å². The first-order valence-corrected chi connectivity index (χ1v) is 8.90. The number of nitrogens with one attached hydrogen (secondary N) is 1. The van der Waals surface area contributed by atoms with Gasteiger partial charge in [0.05, 0.1) is 6.61 Å². The molecule has 1 aliphatic heterocycles. The van der Waals surface area contributed by atoms with E-state index in [0.717, 1.165) is 22.8 Å². The SMILES string of the molecule is CCOc1ccc(NC(=O)N2CCSC2c2ccc(F)cc2)cc1. The summed E-state index contributed by atoms with van der Waals surface area (Å²) in [7, 11) is 0. The number of anilines is 1. The summed E-state index contributed by atoms with van der Waals surface area (Å²) in [4.78, 5) is 14.3. The zero-order valence-corrected chi connectivity index (χ0v) is 14.2. The van der Waals surface area contributed by atoms with Crippen LogP contribution in [-0.2, 0) is 0 Å². The third-order valence-electron chi connectivity index (χ3n) is 3.72. The zero-order valence-electron chi connectivity index (χ0n) is 13.4. The molecule has 0 radical (unpaired) electrons. The number of urea groups is 1. The lowest BCUT2D eigenvalue weighted by Crippen LogP contribution is -2.34. The van der Waals surface area contributed by atoms with Crippen molar-refractivity contribution in [2.24, 2.45) is 0 Å². The average molecular weight is 346 g/mol. The first-order valence-electron chi connectivity index (χ1n) is 7.85. The van der Waals surface area contributed by atoms with Crippen LogP contribution in [0.3, 0.4) is 0 Å². The number of benzene rings is 2. The van der Waals surface area contributed by atoms with Crippen LogP contribution in [0.1, 0.15) is 17.9 Å². The molecule has 1 heterocycles. The van der Waals surface area contributed by atoms with E-state index in [1.807, 2.05) is 31.2 Å². The van der Waals surface area contributed by atoms with E-state index < -0.39 is 0 Å². The van der Waals surface area contributed by atoms with E-state index in [1.54, 1.807) is 28.8 Å². The molecule has 0 spiro atoms. The predicted octanol–water partition coefficient (Wildman–Crippen LogP) is 4.50. The van der Waals surface area contributed by atoms with Gasteiger partial charge in [0.1, 0.15) is 16.9 Å². The lowest BCUT2D eigenvalue weighted by atomic mass is 10.2. The molecule has 0 saturated carbocycles. The second kappa shape index (κ2) is 7.57. The molecule has 1 fully saturated rings. The molecule has 126 valence electrons. The summed E-state index contributed by atoms with van der Waals surface area (Å²) < 4.78 is 18.5. The molecule has 3 rings (SSSR count). The summed E-state index contributed by atoms with van der Waals surface area (Å²) in [5, 5.41) is 2.82.